The molecule has 6 nitrogen and oxygen atoms in total. The maximum absolute atomic E-state index is 11.4. The van der Waals surface area contributed by atoms with Crippen LogP contribution >= 0.6 is 0 Å². The molecule has 1 rings (SSSR count). The third-order valence-corrected chi connectivity index (χ3v) is 3.68. The quantitative estimate of drug-likeness (QED) is 0.676. The minimum atomic E-state index is -3.57. The Kier molecular flexibility index (Phi) is 4.06. The molecular weight excluding hydrogens is 222 g/mol. The zero-order valence-corrected chi connectivity index (χ0v) is 9.29. The van der Waals surface area contributed by atoms with E-state index in [1.807, 2.05) is 0 Å². The fourth-order valence-corrected chi connectivity index (χ4v) is 2.88. The van der Waals surface area contributed by atoms with Gasteiger partial charge in [-0.1, -0.05) is 0 Å². The van der Waals surface area contributed by atoms with Crippen molar-refractivity contribution in [3.63, 3.8) is 0 Å². The number of hydrogen-bond donors (Lipinski definition) is 2. The molecule has 0 bridgehead atoms. The summed E-state index contributed by atoms with van der Waals surface area (Å²) in [7, 11) is -3.57. The van der Waals surface area contributed by atoms with Gasteiger partial charge >= 0.3 is 5.97 Å². The van der Waals surface area contributed by atoms with E-state index in [1.54, 1.807) is 0 Å². The van der Waals surface area contributed by atoms with E-state index in [0.717, 1.165) is 6.42 Å². The molecule has 0 saturated carbocycles. The van der Waals surface area contributed by atoms with Crippen molar-refractivity contribution < 1.29 is 23.1 Å². The van der Waals surface area contributed by atoms with Crippen molar-refractivity contribution in [1.29, 1.82) is 0 Å². The minimum Gasteiger partial charge on any atom is -0.480 e. The third-order valence-electron chi connectivity index (χ3n) is 2.16. The highest BCUT2D eigenvalue weighted by molar-refractivity contribution is 7.89. The van der Waals surface area contributed by atoms with Crippen molar-refractivity contribution in [1.82, 2.24) is 4.72 Å². The number of carboxylic acid groups (broad SMARTS) is 1. The van der Waals surface area contributed by atoms with Crippen LogP contribution in [0.2, 0.25) is 0 Å². The van der Waals surface area contributed by atoms with Crippen molar-refractivity contribution in [2.24, 2.45) is 0 Å². The molecule has 2 atom stereocenters. The first-order valence-electron chi connectivity index (χ1n) is 4.75. The SMILES string of the molecule is CC(NS(=O)(=O)CC1CCCO1)C(=O)O. The molecule has 88 valence electrons. The van der Waals surface area contributed by atoms with Crippen molar-refractivity contribution in [3.8, 4) is 0 Å². The third kappa shape index (κ3) is 4.15. The molecule has 0 aromatic heterocycles. The van der Waals surface area contributed by atoms with Crippen molar-refractivity contribution in [2.45, 2.75) is 31.9 Å². The van der Waals surface area contributed by atoms with E-state index in [2.05, 4.69) is 4.72 Å². The fraction of sp³-hybridized carbons (Fsp3) is 0.875. The Balaban J connectivity index is 2.47. The first-order chi connectivity index (χ1) is 6.91. The Labute approximate surface area is 88.7 Å². The van der Waals surface area contributed by atoms with Gasteiger partial charge in [-0.25, -0.2) is 13.1 Å². The molecular formula is C8H15NO5S. The number of aliphatic carboxylic acids is 1. The zero-order chi connectivity index (χ0) is 11.5. The molecule has 0 amide bonds. The van der Waals surface area contributed by atoms with Crippen LogP contribution in [0.4, 0.5) is 0 Å². The summed E-state index contributed by atoms with van der Waals surface area (Å²) in [5.74, 6) is -1.35. The molecule has 1 saturated heterocycles. The van der Waals surface area contributed by atoms with Gasteiger partial charge in [-0.2, -0.15) is 0 Å². The molecule has 2 N–H and O–H groups in total. The second-order valence-corrected chi connectivity index (χ2v) is 5.39. The molecule has 15 heavy (non-hydrogen) atoms. The van der Waals surface area contributed by atoms with E-state index in [9.17, 15) is 13.2 Å². The summed E-state index contributed by atoms with van der Waals surface area (Å²) in [6, 6.07) is -1.10. The lowest BCUT2D eigenvalue weighted by molar-refractivity contribution is -0.138. The van der Waals surface area contributed by atoms with E-state index in [0.29, 0.717) is 13.0 Å². The number of sulfonamides is 1. The number of hydrogen-bond acceptors (Lipinski definition) is 4. The Morgan fingerprint density at radius 1 is 1.67 bits per heavy atom. The molecule has 2 unspecified atom stereocenters. The van der Waals surface area contributed by atoms with Gasteiger partial charge in [-0.3, -0.25) is 4.79 Å². The molecule has 0 aliphatic carbocycles. The second kappa shape index (κ2) is 4.91. The van der Waals surface area contributed by atoms with Crippen LogP contribution in [0.5, 0.6) is 0 Å². The van der Waals surface area contributed by atoms with Crippen molar-refractivity contribution in [3.05, 3.63) is 0 Å². The topological polar surface area (TPSA) is 92.7 Å². The molecule has 0 spiro atoms. The first-order valence-corrected chi connectivity index (χ1v) is 6.40. The maximum Gasteiger partial charge on any atom is 0.321 e. The van der Waals surface area contributed by atoms with E-state index in [4.69, 9.17) is 9.84 Å². The van der Waals surface area contributed by atoms with Gasteiger partial charge in [0.05, 0.1) is 11.9 Å². The Bertz CT molecular complexity index is 320. The zero-order valence-electron chi connectivity index (χ0n) is 8.47. The van der Waals surface area contributed by atoms with Gasteiger partial charge < -0.3 is 9.84 Å². The molecule has 0 aromatic rings. The van der Waals surface area contributed by atoms with Crippen LogP contribution in [-0.2, 0) is 19.6 Å². The van der Waals surface area contributed by atoms with Crippen LogP contribution in [0.1, 0.15) is 19.8 Å². The molecule has 1 aliphatic rings. The summed E-state index contributed by atoms with van der Waals surface area (Å²) in [4.78, 5) is 10.5. The lowest BCUT2D eigenvalue weighted by Crippen LogP contribution is -2.41. The summed E-state index contributed by atoms with van der Waals surface area (Å²) in [6.07, 6.45) is 1.26. The largest absolute Gasteiger partial charge is 0.480 e. The summed E-state index contributed by atoms with van der Waals surface area (Å²) >= 11 is 0. The summed E-state index contributed by atoms with van der Waals surface area (Å²) < 4.78 is 30.1. The highest BCUT2D eigenvalue weighted by Crippen LogP contribution is 2.13. The van der Waals surface area contributed by atoms with E-state index < -0.39 is 22.0 Å². The molecule has 0 radical (unpaired) electrons. The highest BCUT2D eigenvalue weighted by Gasteiger charge is 2.26. The van der Waals surface area contributed by atoms with E-state index >= 15 is 0 Å². The van der Waals surface area contributed by atoms with Crippen LogP contribution in [0.3, 0.4) is 0 Å². The molecule has 0 aromatic carbocycles. The van der Waals surface area contributed by atoms with Gasteiger partial charge in [0.1, 0.15) is 6.04 Å². The minimum absolute atomic E-state index is 0.162. The second-order valence-electron chi connectivity index (χ2n) is 3.59. The normalized spacial score (nSPS) is 23.9. The molecule has 1 heterocycles. The smallest absolute Gasteiger partial charge is 0.321 e. The van der Waals surface area contributed by atoms with Crippen LogP contribution in [0.15, 0.2) is 0 Å². The van der Waals surface area contributed by atoms with Crippen LogP contribution in [0, 0.1) is 0 Å². The number of carboxylic acids is 1. The van der Waals surface area contributed by atoms with Crippen LogP contribution < -0.4 is 4.72 Å². The Hall–Kier alpha value is -0.660. The van der Waals surface area contributed by atoms with E-state index in [-0.39, 0.29) is 11.9 Å². The van der Waals surface area contributed by atoms with Crippen LogP contribution in [-0.4, -0.2) is 44.0 Å². The fourth-order valence-electron chi connectivity index (χ4n) is 1.39. The average molecular weight is 237 g/mol. The average Bonchev–Trinajstić information content (AvgIpc) is 2.54. The Morgan fingerprint density at radius 2 is 2.33 bits per heavy atom. The van der Waals surface area contributed by atoms with Crippen molar-refractivity contribution >= 4 is 16.0 Å². The lowest BCUT2D eigenvalue weighted by atomic mass is 10.3. The summed E-state index contributed by atoms with van der Waals surface area (Å²) in [6.45, 7) is 1.87. The van der Waals surface area contributed by atoms with Gasteiger partial charge in [0.25, 0.3) is 0 Å². The first kappa shape index (κ1) is 12.4. The lowest BCUT2D eigenvalue weighted by Gasteiger charge is -2.13. The van der Waals surface area contributed by atoms with Gasteiger partial charge in [0, 0.05) is 6.61 Å². The van der Waals surface area contributed by atoms with Gasteiger partial charge in [0.15, 0.2) is 0 Å². The number of rotatable bonds is 5. The number of nitrogens with one attached hydrogen (secondary N) is 1. The summed E-state index contributed by atoms with van der Waals surface area (Å²) in [5, 5.41) is 8.55. The molecule has 7 heteroatoms. The molecule has 1 fully saturated rings. The Morgan fingerprint density at radius 3 is 2.80 bits per heavy atom. The van der Waals surface area contributed by atoms with E-state index in [1.165, 1.54) is 6.92 Å². The maximum atomic E-state index is 11.4. The van der Waals surface area contributed by atoms with Gasteiger partial charge in [-0.05, 0) is 19.8 Å². The van der Waals surface area contributed by atoms with Gasteiger partial charge in [0.2, 0.25) is 10.0 Å². The van der Waals surface area contributed by atoms with Crippen LogP contribution in [0.25, 0.3) is 0 Å². The number of carbonyl (C=O) groups is 1. The highest BCUT2D eigenvalue weighted by atomic mass is 32.2. The van der Waals surface area contributed by atoms with Crippen molar-refractivity contribution in [2.75, 3.05) is 12.4 Å². The molecule has 1 aliphatic heterocycles. The number of ether oxygens (including phenoxy) is 1. The predicted molar refractivity (Wildman–Crippen MR) is 53.0 cm³/mol. The predicted octanol–water partition coefficient (Wildman–Crippen LogP) is -0.442. The standard InChI is InChI=1S/C8H15NO5S/c1-6(8(10)11)9-15(12,13)5-7-3-2-4-14-7/h6-7,9H,2-5H2,1H3,(H,10,11). The monoisotopic (exact) mass is 237 g/mol. The summed E-state index contributed by atoms with van der Waals surface area (Å²) in [5.41, 5.74) is 0. The van der Waals surface area contributed by atoms with Gasteiger partial charge in [-0.15, -0.1) is 0 Å².